The minimum atomic E-state index is -0.0872. The Kier molecular flexibility index (Phi) is 4.74. The summed E-state index contributed by atoms with van der Waals surface area (Å²) in [6.45, 7) is 1.48. The summed E-state index contributed by atoms with van der Waals surface area (Å²) in [5.74, 6) is -0.0872. The van der Waals surface area contributed by atoms with Crippen LogP contribution in [0.25, 0.3) is 0 Å². The molecule has 0 aliphatic rings. The predicted molar refractivity (Wildman–Crippen MR) is 83.4 cm³/mol. The number of hydrogen-bond acceptors (Lipinski definition) is 3. The van der Waals surface area contributed by atoms with Gasteiger partial charge in [0.1, 0.15) is 0 Å². The summed E-state index contributed by atoms with van der Waals surface area (Å²) in [5.41, 5.74) is 5.47. The molecular formula is C15H14ClN3O. The molecule has 2 rings (SSSR count). The van der Waals surface area contributed by atoms with Crippen LogP contribution in [0.1, 0.15) is 12.5 Å². The zero-order chi connectivity index (χ0) is 14.4. The third-order valence-electron chi connectivity index (χ3n) is 2.48. The first-order valence-corrected chi connectivity index (χ1v) is 6.43. The van der Waals surface area contributed by atoms with Crippen LogP contribution in [0.5, 0.6) is 0 Å². The summed E-state index contributed by atoms with van der Waals surface area (Å²) in [6, 6.07) is 14.7. The van der Waals surface area contributed by atoms with E-state index in [0.717, 1.165) is 16.9 Å². The van der Waals surface area contributed by atoms with Crippen molar-refractivity contribution in [1.29, 1.82) is 0 Å². The van der Waals surface area contributed by atoms with E-state index < -0.39 is 0 Å². The summed E-state index contributed by atoms with van der Waals surface area (Å²) in [4.78, 5) is 10.9. The van der Waals surface area contributed by atoms with E-state index in [0.29, 0.717) is 5.02 Å². The molecule has 0 saturated carbocycles. The van der Waals surface area contributed by atoms with E-state index in [1.54, 1.807) is 18.3 Å². The molecular weight excluding hydrogens is 274 g/mol. The second-order valence-corrected chi connectivity index (χ2v) is 4.62. The Morgan fingerprint density at radius 1 is 1.05 bits per heavy atom. The molecule has 5 heteroatoms. The third-order valence-corrected chi connectivity index (χ3v) is 2.73. The van der Waals surface area contributed by atoms with Crippen molar-refractivity contribution >= 4 is 35.1 Å². The number of nitrogens with zero attached hydrogens (tertiary/aromatic N) is 1. The molecule has 1 amide bonds. The molecule has 0 spiro atoms. The standard InChI is InChI=1S/C15H14ClN3O/c1-11(20)18-14-6-2-12(3-7-14)10-17-19-15-8-4-13(16)5-9-15/h2-10,19H,1H3,(H,18,20)/b17-10-. The molecule has 4 nitrogen and oxygen atoms in total. The van der Waals surface area contributed by atoms with Crippen LogP contribution in [0.2, 0.25) is 5.02 Å². The topological polar surface area (TPSA) is 53.5 Å². The maximum absolute atomic E-state index is 10.9. The Labute approximate surface area is 122 Å². The van der Waals surface area contributed by atoms with Gasteiger partial charge in [-0.2, -0.15) is 5.10 Å². The molecule has 2 aromatic rings. The molecule has 0 aromatic heterocycles. The lowest BCUT2D eigenvalue weighted by molar-refractivity contribution is -0.114. The molecule has 102 valence electrons. The minimum Gasteiger partial charge on any atom is -0.326 e. The maximum Gasteiger partial charge on any atom is 0.221 e. The second-order valence-electron chi connectivity index (χ2n) is 4.18. The molecule has 0 fully saturated rings. The smallest absolute Gasteiger partial charge is 0.221 e. The van der Waals surface area contributed by atoms with E-state index in [1.807, 2.05) is 36.4 Å². The molecule has 0 aliphatic heterocycles. The molecule has 0 unspecified atom stereocenters. The number of rotatable bonds is 4. The number of hydrazone groups is 1. The maximum atomic E-state index is 10.9. The fraction of sp³-hybridized carbons (Fsp3) is 0.0667. The first kappa shape index (κ1) is 14.1. The van der Waals surface area contributed by atoms with Crippen molar-refractivity contribution in [3.63, 3.8) is 0 Å². The van der Waals surface area contributed by atoms with E-state index in [2.05, 4.69) is 15.8 Å². The highest BCUT2D eigenvalue weighted by atomic mass is 35.5. The number of amides is 1. The first-order valence-electron chi connectivity index (χ1n) is 6.06. The van der Waals surface area contributed by atoms with Gasteiger partial charge in [-0.3, -0.25) is 10.2 Å². The van der Waals surface area contributed by atoms with Gasteiger partial charge in [0.05, 0.1) is 11.9 Å². The minimum absolute atomic E-state index is 0.0872. The van der Waals surface area contributed by atoms with E-state index >= 15 is 0 Å². The van der Waals surface area contributed by atoms with Crippen LogP contribution >= 0.6 is 11.6 Å². The van der Waals surface area contributed by atoms with Gasteiger partial charge in [0.2, 0.25) is 5.91 Å². The third kappa shape index (κ3) is 4.40. The van der Waals surface area contributed by atoms with Gasteiger partial charge in [-0.1, -0.05) is 23.7 Å². The Hall–Kier alpha value is -2.33. The van der Waals surface area contributed by atoms with Crippen molar-refractivity contribution in [2.45, 2.75) is 6.92 Å². The van der Waals surface area contributed by atoms with Gasteiger partial charge >= 0.3 is 0 Å². The highest BCUT2D eigenvalue weighted by Crippen LogP contribution is 2.13. The highest BCUT2D eigenvalue weighted by Gasteiger charge is 1.95. The number of hydrogen-bond donors (Lipinski definition) is 2. The lowest BCUT2D eigenvalue weighted by atomic mass is 10.2. The van der Waals surface area contributed by atoms with Crippen LogP contribution < -0.4 is 10.7 Å². The highest BCUT2D eigenvalue weighted by molar-refractivity contribution is 6.30. The first-order chi connectivity index (χ1) is 9.63. The molecule has 0 saturated heterocycles. The van der Waals surface area contributed by atoms with Crippen molar-refractivity contribution in [3.05, 3.63) is 59.1 Å². The van der Waals surface area contributed by atoms with Gasteiger partial charge in [-0.15, -0.1) is 0 Å². The van der Waals surface area contributed by atoms with Gasteiger partial charge in [-0.25, -0.2) is 0 Å². The van der Waals surface area contributed by atoms with Crippen LogP contribution in [-0.2, 0) is 4.79 Å². The van der Waals surface area contributed by atoms with Crippen molar-refractivity contribution in [2.24, 2.45) is 5.10 Å². The largest absolute Gasteiger partial charge is 0.326 e. The van der Waals surface area contributed by atoms with Crippen LogP contribution in [0.15, 0.2) is 53.6 Å². The van der Waals surface area contributed by atoms with Crippen LogP contribution in [0.4, 0.5) is 11.4 Å². The second kappa shape index (κ2) is 6.73. The van der Waals surface area contributed by atoms with Gasteiger partial charge in [-0.05, 0) is 42.0 Å². The number of benzene rings is 2. The predicted octanol–water partition coefficient (Wildman–Crippen LogP) is 3.74. The number of carbonyl (C=O) groups is 1. The van der Waals surface area contributed by atoms with Gasteiger partial charge in [0, 0.05) is 17.6 Å². The molecule has 0 heterocycles. The average molecular weight is 288 g/mol. The number of anilines is 2. The monoisotopic (exact) mass is 287 g/mol. The Morgan fingerprint density at radius 2 is 1.65 bits per heavy atom. The van der Waals surface area contributed by atoms with Crippen molar-refractivity contribution in [1.82, 2.24) is 0 Å². The van der Waals surface area contributed by atoms with E-state index in [4.69, 9.17) is 11.6 Å². The van der Waals surface area contributed by atoms with Crippen molar-refractivity contribution in [2.75, 3.05) is 10.7 Å². The Bertz CT molecular complexity index is 606. The SMILES string of the molecule is CC(=O)Nc1ccc(/C=N\Nc2ccc(Cl)cc2)cc1. The summed E-state index contributed by atoms with van der Waals surface area (Å²) >= 11 is 5.80. The number of carbonyl (C=O) groups excluding carboxylic acids is 1. The molecule has 0 atom stereocenters. The summed E-state index contributed by atoms with van der Waals surface area (Å²) in [7, 11) is 0. The quantitative estimate of drug-likeness (QED) is 0.665. The Balaban J connectivity index is 1.94. The van der Waals surface area contributed by atoms with Crippen molar-refractivity contribution in [3.8, 4) is 0 Å². The molecule has 2 aromatic carbocycles. The van der Waals surface area contributed by atoms with Gasteiger partial charge < -0.3 is 5.32 Å². The molecule has 0 radical (unpaired) electrons. The van der Waals surface area contributed by atoms with E-state index in [9.17, 15) is 4.79 Å². The van der Waals surface area contributed by atoms with Crippen molar-refractivity contribution < 1.29 is 4.79 Å². The van der Waals surface area contributed by atoms with Crippen LogP contribution in [0.3, 0.4) is 0 Å². The van der Waals surface area contributed by atoms with Crippen LogP contribution in [-0.4, -0.2) is 12.1 Å². The number of halogens is 1. The Morgan fingerprint density at radius 3 is 2.25 bits per heavy atom. The fourth-order valence-electron chi connectivity index (χ4n) is 1.56. The zero-order valence-corrected chi connectivity index (χ0v) is 11.7. The normalized spacial score (nSPS) is 10.5. The molecule has 20 heavy (non-hydrogen) atoms. The average Bonchev–Trinajstić information content (AvgIpc) is 2.42. The van der Waals surface area contributed by atoms with Gasteiger partial charge in [0.25, 0.3) is 0 Å². The lowest BCUT2D eigenvalue weighted by Gasteiger charge is -2.02. The number of nitrogens with one attached hydrogen (secondary N) is 2. The molecule has 0 aliphatic carbocycles. The van der Waals surface area contributed by atoms with E-state index in [1.165, 1.54) is 6.92 Å². The lowest BCUT2D eigenvalue weighted by Crippen LogP contribution is -2.05. The summed E-state index contributed by atoms with van der Waals surface area (Å²) < 4.78 is 0. The molecule has 2 N–H and O–H groups in total. The summed E-state index contributed by atoms with van der Waals surface area (Å²) in [6.07, 6.45) is 1.70. The van der Waals surface area contributed by atoms with Gasteiger partial charge in [0.15, 0.2) is 0 Å². The molecule has 0 bridgehead atoms. The fourth-order valence-corrected chi connectivity index (χ4v) is 1.69. The summed E-state index contributed by atoms with van der Waals surface area (Å²) in [5, 5.41) is 7.52. The van der Waals surface area contributed by atoms with Crippen LogP contribution in [0, 0.1) is 0 Å². The zero-order valence-electron chi connectivity index (χ0n) is 10.9. The van der Waals surface area contributed by atoms with E-state index in [-0.39, 0.29) is 5.91 Å².